The van der Waals surface area contributed by atoms with E-state index in [-0.39, 0.29) is 11.8 Å². The Bertz CT molecular complexity index is 711. The topological polar surface area (TPSA) is 103 Å². The monoisotopic (exact) mass is 387 g/mol. The third kappa shape index (κ3) is 4.76. The second-order valence-corrected chi connectivity index (χ2v) is 7.47. The molecule has 0 saturated carbocycles. The van der Waals surface area contributed by atoms with Crippen LogP contribution in [0.5, 0.6) is 0 Å². The molecule has 8 heteroatoms. The number of nitrogens with zero attached hydrogens (tertiary/aromatic N) is 1. The molecule has 3 amide bonds. The van der Waals surface area contributed by atoms with Crippen molar-refractivity contribution in [2.24, 2.45) is 0 Å². The zero-order chi connectivity index (χ0) is 20.1. The number of carbonyl (C=O) groups excluding carboxylic acids is 3. The molecule has 28 heavy (non-hydrogen) atoms. The molecular weight excluding hydrogens is 358 g/mol. The summed E-state index contributed by atoms with van der Waals surface area (Å²) in [6.07, 6.45) is 2.29. The molecule has 8 nitrogen and oxygen atoms in total. The molecule has 152 valence electrons. The van der Waals surface area contributed by atoms with Crippen molar-refractivity contribution in [2.75, 3.05) is 26.7 Å². The fourth-order valence-corrected chi connectivity index (χ4v) is 3.74. The third-order valence-corrected chi connectivity index (χ3v) is 5.59. The summed E-state index contributed by atoms with van der Waals surface area (Å²) in [6.45, 7) is 4.06. The summed E-state index contributed by atoms with van der Waals surface area (Å²) in [4.78, 5) is 40.1. The molecule has 0 bridgehead atoms. The molecule has 4 N–H and O–H groups in total. The lowest BCUT2D eigenvalue weighted by Gasteiger charge is -2.35. The van der Waals surface area contributed by atoms with Crippen molar-refractivity contribution in [3.63, 3.8) is 0 Å². The molecule has 0 aliphatic carbocycles. The van der Waals surface area contributed by atoms with Gasteiger partial charge in [-0.3, -0.25) is 24.6 Å². The Morgan fingerprint density at radius 3 is 2.64 bits per heavy atom. The minimum Gasteiger partial charge on any atom is -0.339 e. The van der Waals surface area contributed by atoms with Crippen molar-refractivity contribution in [1.82, 2.24) is 26.2 Å². The summed E-state index contributed by atoms with van der Waals surface area (Å²) in [5.41, 5.74) is 0.626. The van der Waals surface area contributed by atoms with E-state index in [9.17, 15) is 14.4 Å². The second-order valence-electron chi connectivity index (χ2n) is 7.47. The van der Waals surface area contributed by atoms with Gasteiger partial charge in [0.15, 0.2) is 0 Å². The van der Waals surface area contributed by atoms with Crippen molar-refractivity contribution in [3.05, 3.63) is 35.9 Å². The van der Waals surface area contributed by atoms with Crippen LogP contribution in [0, 0.1) is 0 Å². The fraction of sp³-hybridized carbons (Fsp3) is 0.550. The minimum atomic E-state index is -0.934. The van der Waals surface area contributed by atoms with Gasteiger partial charge in [-0.15, -0.1) is 0 Å². The molecule has 0 spiro atoms. The highest BCUT2D eigenvalue weighted by atomic mass is 16.2. The number of imide groups is 1. The SMILES string of the molecule is CN[C@@H](C)C(=O)N[C@H](C(=O)NC(=O)C1CN2CCCC2CN1)c1ccccc1. The highest BCUT2D eigenvalue weighted by Crippen LogP contribution is 2.20. The Labute approximate surface area is 165 Å². The summed E-state index contributed by atoms with van der Waals surface area (Å²) in [5, 5.41) is 11.3. The van der Waals surface area contributed by atoms with Gasteiger partial charge < -0.3 is 16.0 Å². The standard InChI is InChI=1S/C20H29N5O3/c1-13(21-2)18(26)23-17(14-7-4-3-5-8-14)20(28)24-19(27)16-12-25-10-6-9-15(25)11-22-16/h3-5,7-8,13,15-17,21-22H,6,9-12H2,1-2H3,(H,23,26)(H,24,27,28)/t13-,15?,16?,17-/m0/s1. The van der Waals surface area contributed by atoms with E-state index in [0.717, 1.165) is 25.9 Å². The van der Waals surface area contributed by atoms with Crippen LogP contribution in [0.25, 0.3) is 0 Å². The van der Waals surface area contributed by atoms with Gasteiger partial charge in [0.25, 0.3) is 5.91 Å². The number of rotatable bonds is 6. The van der Waals surface area contributed by atoms with Crippen LogP contribution in [0.15, 0.2) is 30.3 Å². The van der Waals surface area contributed by atoms with Crippen molar-refractivity contribution in [1.29, 1.82) is 0 Å². The highest BCUT2D eigenvalue weighted by Gasteiger charge is 2.35. The lowest BCUT2D eigenvalue weighted by Crippen LogP contribution is -2.60. The van der Waals surface area contributed by atoms with E-state index in [2.05, 4.69) is 26.2 Å². The normalized spacial score (nSPS) is 24.1. The summed E-state index contributed by atoms with van der Waals surface area (Å²) >= 11 is 0. The molecule has 2 fully saturated rings. The first-order valence-electron chi connectivity index (χ1n) is 9.84. The first-order chi connectivity index (χ1) is 13.5. The van der Waals surface area contributed by atoms with Gasteiger partial charge in [-0.05, 0) is 38.9 Å². The molecule has 4 atom stereocenters. The van der Waals surface area contributed by atoms with Crippen molar-refractivity contribution in [3.8, 4) is 0 Å². The number of carbonyl (C=O) groups is 3. The maximum absolute atomic E-state index is 12.9. The quantitative estimate of drug-likeness (QED) is 0.526. The molecule has 1 aromatic carbocycles. The molecular formula is C20H29N5O3. The largest absolute Gasteiger partial charge is 0.339 e. The molecule has 1 aromatic rings. The van der Waals surface area contributed by atoms with Crippen LogP contribution in [0.1, 0.15) is 31.4 Å². The molecule has 2 aliphatic rings. The molecule has 2 saturated heterocycles. The van der Waals surface area contributed by atoms with E-state index in [0.29, 0.717) is 18.2 Å². The average molecular weight is 387 g/mol. The van der Waals surface area contributed by atoms with Gasteiger partial charge in [0, 0.05) is 19.1 Å². The fourth-order valence-electron chi connectivity index (χ4n) is 3.74. The summed E-state index contributed by atoms with van der Waals surface area (Å²) in [7, 11) is 1.67. The zero-order valence-corrected chi connectivity index (χ0v) is 16.4. The molecule has 0 aromatic heterocycles. The van der Waals surface area contributed by atoms with Crippen molar-refractivity contribution >= 4 is 17.7 Å². The maximum Gasteiger partial charge on any atom is 0.253 e. The van der Waals surface area contributed by atoms with Gasteiger partial charge in [0.1, 0.15) is 6.04 Å². The lowest BCUT2D eigenvalue weighted by molar-refractivity contribution is -0.136. The van der Waals surface area contributed by atoms with Crippen LogP contribution in [0.4, 0.5) is 0 Å². The van der Waals surface area contributed by atoms with Gasteiger partial charge in [0.2, 0.25) is 11.8 Å². The van der Waals surface area contributed by atoms with Crippen LogP contribution >= 0.6 is 0 Å². The summed E-state index contributed by atoms with van der Waals surface area (Å²) < 4.78 is 0. The Morgan fingerprint density at radius 1 is 1.18 bits per heavy atom. The average Bonchev–Trinajstić information content (AvgIpc) is 3.19. The first kappa shape index (κ1) is 20.4. The van der Waals surface area contributed by atoms with Gasteiger partial charge in [-0.25, -0.2) is 0 Å². The maximum atomic E-state index is 12.9. The molecule has 3 rings (SSSR count). The predicted octanol–water partition coefficient (Wildman–Crippen LogP) is -0.469. The van der Waals surface area contributed by atoms with E-state index in [4.69, 9.17) is 0 Å². The number of benzene rings is 1. The van der Waals surface area contributed by atoms with Crippen molar-refractivity contribution in [2.45, 2.75) is 43.9 Å². The molecule has 2 unspecified atom stereocenters. The Hall–Kier alpha value is -2.29. The Morgan fingerprint density at radius 2 is 1.93 bits per heavy atom. The van der Waals surface area contributed by atoms with Gasteiger partial charge in [-0.2, -0.15) is 0 Å². The zero-order valence-electron chi connectivity index (χ0n) is 16.4. The van der Waals surface area contributed by atoms with Crippen LogP contribution in [0.2, 0.25) is 0 Å². The Kier molecular flexibility index (Phi) is 6.77. The molecule has 2 aliphatic heterocycles. The number of amides is 3. The van der Waals surface area contributed by atoms with Crippen LogP contribution in [0.3, 0.4) is 0 Å². The third-order valence-electron chi connectivity index (χ3n) is 5.59. The smallest absolute Gasteiger partial charge is 0.253 e. The number of likely N-dealkylation sites (N-methyl/N-ethyl adjacent to an activating group) is 1. The van der Waals surface area contributed by atoms with E-state index in [1.165, 1.54) is 0 Å². The summed E-state index contributed by atoms with van der Waals surface area (Å²) in [6, 6.07) is 7.60. The molecule has 2 heterocycles. The van der Waals surface area contributed by atoms with Crippen LogP contribution < -0.4 is 21.3 Å². The number of hydrogen-bond donors (Lipinski definition) is 4. The Balaban J connectivity index is 1.66. The number of fused-ring (bicyclic) bond motifs is 1. The van der Waals surface area contributed by atoms with Gasteiger partial charge in [-0.1, -0.05) is 30.3 Å². The van der Waals surface area contributed by atoms with Crippen molar-refractivity contribution < 1.29 is 14.4 Å². The second kappa shape index (κ2) is 9.27. The number of hydrogen-bond acceptors (Lipinski definition) is 6. The molecule has 0 radical (unpaired) electrons. The lowest BCUT2D eigenvalue weighted by atomic mass is 10.0. The van der Waals surface area contributed by atoms with E-state index in [1.807, 2.05) is 6.07 Å². The van der Waals surface area contributed by atoms with E-state index < -0.39 is 24.0 Å². The number of nitrogens with one attached hydrogen (secondary N) is 4. The van der Waals surface area contributed by atoms with E-state index in [1.54, 1.807) is 38.2 Å². The van der Waals surface area contributed by atoms with Crippen LogP contribution in [-0.4, -0.2) is 67.4 Å². The van der Waals surface area contributed by atoms with E-state index >= 15 is 0 Å². The number of piperazine rings is 1. The first-order valence-corrected chi connectivity index (χ1v) is 9.84. The van der Waals surface area contributed by atoms with Gasteiger partial charge in [0.05, 0.1) is 12.1 Å². The highest BCUT2D eigenvalue weighted by molar-refractivity contribution is 6.02. The van der Waals surface area contributed by atoms with Crippen LogP contribution in [-0.2, 0) is 14.4 Å². The summed E-state index contributed by atoms with van der Waals surface area (Å²) in [5.74, 6) is -1.19. The predicted molar refractivity (Wildman–Crippen MR) is 105 cm³/mol. The minimum absolute atomic E-state index is 0.311. The van der Waals surface area contributed by atoms with Gasteiger partial charge >= 0.3 is 0 Å².